The normalized spacial score (nSPS) is 10.7. The molecule has 0 atom stereocenters. The minimum atomic E-state index is -0.468. The second-order valence-corrected chi connectivity index (χ2v) is 5.88. The van der Waals surface area contributed by atoms with Gasteiger partial charge in [0.25, 0.3) is 5.69 Å². The lowest BCUT2D eigenvalue weighted by atomic mass is 10.1. The van der Waals surface area contributed by atoms with Crippen LogP contribution in [-0.4, -0.2) is 25.8 Å². The summed E-state index contributed by atoms with van der Waals surface area (Å²) in [4.78, 5) is 22.7. The molecule has 0 radical (unpaired) electrons. The van der Waals surface area contributed by atoms with Gasteiger partial charge in [-0.1, -0.05) is 5.16 Å². The van der Waals surface area contributed by atoms with E-state index in [-0.39, 0.29) is 18.0 Å². The van der Waals surface area contributed by atoms with Gasteiger partial charge in [-0.25, -0.2) is 4.68 Å². The van der Waals surface area contributed by atoms with E-state index in [1.165, 1.54) is 16.8 Å². The Labute approximate surface area is 148 Å². The first-order chi connectivity index (χ1) is 12.3. The number of non-ortho nitro benzene ring substituents is 1. The van der Waals surface area contributed by atoms with Crippen molar-refractivity contribution in [2.75, 3.05) is 5.32 Å². The summed E-state index contributed by atoms with van der Waals surface area (Å²) in [6.45, 7) is 5.34. The Morgan fingerprint density at radius 3 is 2.54 bits per heavy atom. The Kier molecular flexibility index (Phi) is 4.53. The molecule has 0 fully saturated rings. The van der Waals surface area contributed by atoms with E-state index in [1.54, 1.807) is 39.0 Å². The fourth-order valence-corrected chi connectivity index (χ4v) is 2.60. The smallest absolute Gasteiger partial charge is 0.269 e. The molecule has 0 aliphatic heterocycles. The number of benzene rings is 1. The number of nitro benzene ring substituents is 1. The Balaban J connectivity index is 1.83. The molecule has 0 spiro atoms. The van der Waals surface area contributed by atoms with Crippen LogP contribution >= 0.6 is 0 Å². The van der Waals surface area contributed by atoms with E-state index in [0.29, 0.717) is 28.7 Å². The number of aromatic nitrogens is 3. The van der Waals surface area contributed by atoms with Gasteiger partial charge in [-0.3, -0.25) is 14.9 Å². The summed E-state index contributed by atoms with van der Waals surface area (Å²) in [7, 11) is 0. The van der Waals surface area contributed by atoms with Crippen molar-refractivity contribution < 1.29 is 14.2 Å². The molecule has 1 amide bonds. The minimum Gasteiger partial charge on any atom is -0.361 e. The molecule has 0 aliphatic rings. The molecular weight excluding hydrogens is 338 g/mol. The van der Waals surface area contributed by atoms with Gasteiger partial charge in [0.2, 0.25) is 5.91 Å². The number of nitro groups is 1. The molecule has 134 valence electrons. The molecular formula is C17H17N5O4. The summed E-state index contributed by atoms with van der Waals surface area (Å²) in [5.41, 5.74) is 2.73. The highest BCUT2D eigenvalue weighted by Gasteiger charge is 2.16. The number of aryl methyl sites for hydroxylation is 3. The van der Waals surface area contributed by atoms with Crippen LogP contribution in [0.2, 0.25) is 0 Å². The standard InChI is InChI=1S/C17H17N5O4/c1-10-8-16(18-17(23)9-15-11(2)20-26-12(15)3)21(19-10)13-4-6-14(7-5-13)22(24)25/h4-8H,9H2,1-3H3,(H,18,23). The van der Waals surface area contributed by atoms with Gasteiger partial charge in [0.15, 0.2) is 0 Å². The van der Waals surface area contributed by atoms with Crippen LogP contribution in [-0.2, 0) is 11.2 Å². The summed E-state index contributed by atoms with van der Waals surface area (Å²) in [5.74, 6) is 0.855. The predicted molar refractivity (Wildman–Crippen MR) is 93.3 cm³/mol. The van der Waals surface area contributed by atoms with Crippen molar-refractivity contribution in [3.05, 3.63) is 63.2 Å². The van der Waals surface area contributed by atoms with Gasteiger partial charge in [0.05, 0.1) is 28.4 Å². The van der Waals surface area contributed by atoms with Crippen molar-refractivity contribution in [2.45, 2.75) is 27.2 Å². The lowest BCUT2D eigenvalue weighted by Crippen LogP contribution is -2.17. The van der Waals surface area contributed by atoms with Gasteiger partial charge in [-0.15, -0.1) is 0 Å². The molecule has 9 nitrogen and oxygen atoms in total. The van der Waals surface area contributed by atoms with Crippen LogP contribution in [0.15, 0.2) is 34.9 Å². The number of nitrogens with one attached hydrogen (secondary N) is 1. The van der Waals surface area contributed by atoms with Crippen LogP contribution in [0.25, 0.3) is 5.69 Å². The van der Waals surface area contributed by atoms with Gasteiger partial charge in [-0.2, -0.15) is 5.10 Å². The van der Waals surface area contributed by atoms with Crippen LogP contribution < -0.4 is 5.32 Å². The van der Waals surface area contributed by atoms with E-state index in [2.05, 4.69) is 15.6 Å². The van der Waals surface area contributed by atoms with E-state index < -0.39 is 4.92 Å². The molecule has 2 heterocycles. The van der Waals surface area contributed by atoms with Crippen molar-refractivity contribution in [1.82, 2.24) is 14.9 Å². The molecule has 0 unspecified atom stereocenters. The molecule has 0 saturated heterocycles. The molecule has 26 heavy (non-hydrogen) atoms. The predicted octanol–water partition coefficient (Wildman–Crippen LogP) is 2.87. The highest BCUT2D eigenvalue weighted by atomic mass is 16.6. The maximum absolute atomic E-state index is 12.4. The zero-order valence-corrected chi connectivity index (χ0v) is 14.5. The number of nitrogens with zero attached hydrogens (tertiary/aromatic N) is 4. The molecule has 1 N–H and O–H groups in total. The first kappa shape index (κ1) is 17.3. The van der Waals surface area contributed by atoms with Gasteiger partial charge >= 0.3 is 0 Å². The summed E-state index contributed by atoms with van der Waals surface area (Å²) < 4.78 is 6.60. The maximum Gasteiger partial charge on any atom is 0.269 e. The number of amides is 1. The third-order valence-electron chi connectivity index (χ3n) is 3.92. The van der Waals surface area contributed by atoms with Crippen LogP contribution in [0.5, 0.6) is 0 Å². The summed E-state index contributed by atoms with van der Waals surface area (Å²) in [5, 5.41) is 21.8. The van der Waals surface area contributed by atoms with Crippen molar-refractivity contribution in [3.8, 4) is 5.69 Å². The molecule has 9 heteroatoms. The van der Waals surface area contributed by atoms with Crippen LogP contribution in [0.3, 0.4) is 0 Å². The van der Waals surface area contributed by atoms with Gasteiger partial charge < -0.3 is 9.84 Å². The summed E-state index contributed by atoms with van der Waals surface area (Å²) in [6.07, 6.45) is 0.131. The summed E-state index contributed by atoms with van der Waals surface area (Å²) in [6, 6.07) is 7.67. The van der Waals surface area contributed by atoms with Gasteiger partial charge in [0.1, 0.15) is 11.6 Å². The first-order valence-electron chi connectivity index (χ1n) is 7.88. The lowest BCUT2D eigenvalue weighted by Gasteiger charge is -2.09. The van der Waals surface area contributed by atoms with E-state index >= 15 is 0 Å². The molecule has 3 rings (SSSR count). The Hall–Kier alpha value is -3.49. The monoisotopic (exact) mass is 355 g/mol. The van der Waals surface area contributed by atoms with Gasteiger partial charge in [0, 0.05) is 23.8 Å². The average Bonchev–Trinajstić information content (AvgIpc) is 3.11. The van der Waals surface area contributed by atoms with Crippen molar-refractivity contribution in [1.29, 1.82) is 0 Å². The van der Waals surface area contributed by atoms with Crippen molar-refractivity contribution in [2.24, 2.45) is 0 Å². The first-order valence-corrected chi connectivity index (χ1v) is 7.88. The third kappa shape index (κ3) is 3.46. The average molecular weight is 355 g/mol. The quantitative estimate of drug-likeness (QED) is 0.556. The second-order valence-electron chi connectivity index (χ2n) is 5.88. The molecule has 2 aromatic heterocycles. The van der Waals surface area contributed by atoms with E-state index in [1.807, 2.05) is 0 Å². The molecule has 0 aliphatic carbocycles. The number of rotatable bonds is 5. The van der Waals surface area contributed by atoms with Crippen LogP contribution in [0, 0.1) is 30.9 Å². The number of hydrogen-bond acceptors (Lipinski definition) is 6. The minimum absolute atomic E-state index is 0.0124. The molecule has 1 aromatic carbocycles. The highest BCUT2D eigenvalue weighted by molar-refractivity contribution is 5.92. The van der Waals surface area contributed by atoms with Gasteiger partial charge in [-0.05, 0) is 32.9 Å². The zero-order valence-electron chi connectivity index (χ0n) is 14.5. The zero-order chi connectivity index (χ0) is 18.8. The highest BCUT2D eigenvalue weighted by Crippen LogP contribution is 2.21. The molecule has 0 bridgehead atoms. The number of carbonyl (C=O) groups is 1. The number of carbonyl (C=O) groups excluding carboxylic acids is 1. The Morgan fingerprint density at radius 2 is 1.96 bits per heavy atom. The number of anilines is 1. The Morgan fingerprint density at radius 1 is 1.27 bits per heavy atom. The summed E-state index contributed by atoms with van der Waals surface area (Å²) >= 11 is 0. The largest absolute Gasteiger partial charge is 0.361 e. The van der Waals surface area contributed by atoms with E-state index in [0.717, 1.165) is 5.56 Å². The number of hydrogen-bond donors (Lipinski definition) is 1. The second kappa shape index (κ2) is 6.79. The molecule has 3 aromatic rings. The van der Waals surface area contributed by atoms with Crippen LogP contribution in [0.4, 0.5) is 11.5 Å². The van der Waals surface area contributed by atoms with E-state index in [9.17, 15) is 14.9 Å². The van der Waals surface area contributed by atoms with Crippen molar-refractivity contribution >= 4 is 17.4 Å². The topological polar surface area (TPSA) is 116 Å². The fourth-order valence-electron chi connectivity index (χ4n) is 2.60. The lowest BCUT2D eigenvalue weighted by molar-refractivity contribution is -0.384. The third-order valence-corrected chi connectivity index (χ3v) is 3.92. The maximum atomic E-state index is 12.4. The molecule has 0 saturated carbocycles. The van der Waals surface area contributed by atoms with Crippen molar-refractivity contribution in [3.63, 3.8) is 0 Å². The van der Waals surface area contributed by atoms with E-state index in [4.69, 9.17) is 4.52 Å². The van der Waals surface area contributed by atoms with Crippen LogP contribution in [0.1, 0.15) is 22.7 Å². The fraction of sp³-hybridized carbons (Fsp3) is 0.235. The SMILES string of the molecule is Cc1cc(NC(=O)Cc2c(C)noc2C)n(-c2ccc([N+](=O)[O-])cc2)n1. The Bertz CT molecular complexity index is 952.